The maximum atomic E-state index is 13.0. The number of ether oxygens (including phenoxy) is 1. The van der Waals surface area contributed by atoms with Crippen LogP contribution in [-0.4, -0.2) is 25.0 Å². The van der Waals surface area contributed by atoms with Crippen molar-refractivity contribution in [3.05, 3.63) is 89.5 Å². The second kappa shape index (κ2) is 8.74. The number of anilines is 2. The van der Waals surface area contributed by atoms with Crippen LogP contribution in [0.3, 0.4) is 0 Å². The minimum Gasteiger partial charge on any atom is -0.483 e. The summed E-state index contributed by atoms with van der Waals surface area (Å²) in [5, 5.41) is 2.55. The standard InChI is InChI=1S/C24H19F3N2O3/c25-24(26,27)19-6-2-4-8-21(19)32-15-22(30)28-18-11-9-17(10-12-18)23(31)29-14-13-16-5-1-3-7-20(16)29/h1-12H,13-15H2,(H,28,30). The smallest absolute Gasteiger partial charge is 0.419 e. The van der Waals surface area contributed by atoms with E-state index in [9.17, 15) is 22.8 Å². The van der Waals surface area contributed by atoms with E-state index in [4.69, 9.17) is 4.74 Å². The van der Waals surface area contributed by atoms with Crippen LogP contribution in [0.5, 0.6) is 5.75 Å². The molecule has 164 valence electrons. The van der Waals surface area contributed by atoms with Gasteiger partial charge >= 0.3 is 6.18 Å². The Kier molecular flexibility index (Phi) is 5.85. The van der Waals surface area contributed by atoms with Gasteiger partial charge in [0.05, 0.1) is 5.56 Å². The second-order valence-electron chi connectivity index (χ2n) is 7.24. The Morgan fingerprint density at radius 3 is 2.38 bits per heavy atom. The van der Waals surface area contributed by atoms with E-state index in [-0.39, 0.29) is 5.91 Å². The van der Waals surface area contributed by atoms with E-state index in [0.29, 0.717) is 17.8 Å². The van der Waals surface area contributed by atoms with Crippen molar-refractivity contribution in [2.45, 2.75) is 12.6 Å². The van der Waals surface area contributed by atoms with E-state index < -0.39 is 30.0 Å². The summed E-state index contributed by atoms with van der Waals surface area (Å²) in [5.74, 6) is -1.17. The number of alkyl halides is 3. The number of hydrogen-bond donors (Lipinski definition) is 1. The third-order valence-electron chi connectivity index (χ3n) is 5.10. The van der Waals surface area contributed by atoms with Crippen molar-refractivity contribution in [3.63, 3.8) is 0 Å². The van der Waals surface area contributed by atoms with Crippen LogP contribution in [0.25, 0.3) is 0 Å². The highest BCUT2D eigenvalue weighted by Crippen LogP contribution is 2.35. The summed E-state index contributed by atoms with van der Waals surface area (Å²) in [6.07, 6.45) is -3.78. The van der Waals surface area contributed by atoms with Crippen LogP contribution in [0, 0.1) is 0 Å². The SMILES string of the molecule is O=C(COc1ccccc1C(F)(F)F)Nc1ccc(C(=O)N2CCc3ccccc32)cc1. The number of amides is 2. The first-order valence-electron chi connectivity index (χ1n) is 9.91. The summed E-state index contributed by atoms with van der Waals surface area (Å²) >= 11 is 0. The summed E-state index contributed by atoms with van der Waals surface area (Å²) in [4.78, 5) is 26.7. The summed E-state index contributed by atoms with van der Waals surface area (Å²) < 4.78 is 44.1. The van der Waals surface area contributed by atoms with Gasteiger partial charge in [0.15, 0.2) is 6.61 Å². The van der Waals surface area contributed by atoms with Gasteiger partial charge in [0, 0.05) is 23.5 Å². The van der Waals surface area contributed by atoms with Crippen LogP contribution in [0.4, 0.5) is 24.5 Å². The van der Waals surface area contributed by atoms with Crippen LogP contribution in [0.15, 0.2) is 72.8 Å². The molecule has 0 saturated heterocycles. The summed E-state index contributed by atoms with van der Waals surface area (Å²) in [5.41, 5.74) is 1.94. The molecule has 0 aromatic heterocycles. The molecule has 8 heteroatoms. The number of para-hydroxylation sites is 2. The summed E-state index contributed by atoms with van der Waals surface area (Å²) in [7, 11) is 0. The van der Waals surface area contributed by atoms with Crippen molar-refractivity contribution in [1.29, 1.82) is 0 Å². The molecule has 4 rings (SSSR count). The zero-order chi connectivity index (χ0) is 22.7. The van der Waals surface area contributed by atoms with Gasteiger partial charge in [0.25, 0.3) is 11.8 Å². The molecule has 3 aromatic carbocycles. The van der Waals surface area contributed by atoms with Gasteiger partial charge in [-0.2, -0.15) is 13.2 Å². The van der Waals surface area contributed by atoms with Gasteiger partial charge in [0.2, 0.25) is 0 Å². The second-order valence-corrected chi connectivity index (χ2v) is 7.24. The zero-order valence-electron chi connectivity index (χ0n) is 16.9. The van der Waals surface area contributed by atoms with Crippen molar-refractivity contribution in [2.75, 3.05) is 23.4 Å². The molecule has 0 unspecified atom stereocenters. The Hall–Kier alpha value is -3.81. The van der Waals surface area contributed by atoms with Gasteiger partial charge in [-0.3, -0.25) is 9.59 Å². The Morgan fingerprint density at radius 2 is 1.62 bits per heavy atom. The molecular weight excluding hydrogens is 421 g/mol. The minimum atomic E-state index is -4.58. The third kappa shape index (κ3) is 4.59. The number of halogens is 3. The number of fused-ring (bicyclic) bond motifs is 1. The zero-order valence-corrected chi connectivity index (χ0v) is 16.9. The van der Waals surface area contributed by atoms with Crippen molar-refractivity contribution >= 4 is 23.2 Å². The average molecular weight is 440 g/mol. The molecule has 5 nitrogen and oxygen atoms in total. The van der Waals surface area contributed by atoms with Crippen molar-refractivity contribution < 1.29 is 27.5 Å². The fourth-order valence-corrected chi connectivity index (χ4v) is 3.57. The Morgan fingerprint density at radius 1 is 0.938 bits per heavy atom. The number of carbonyl (C=O) groups excluding carboxylic acids is 2. The summed E-state index contributed by atoms with van der Waals surface area (Å²) in [6.45, 7) is 0.0196. The molecule has 2 amide bonds. The van der Waals surface area contributed by atoms with E-state index in [1.54, 1.807) is 29.2 Å². The van der Waals surface area contributed by atoms with Crippen molar-refractivity contribution in [1.82, 2.24) is 0 Å². The molecule has 0 radical (unpaired) electrons. The molecule has 0 atom stereocenters. The molecule has 1 aliphatic rings. The first-order valence-corrected chi connectivity index (χ1v) is 9.91. The minimum absolute atomic E-state index is 0.139. The van der Waals surface area contributed by atoms with Crippen LogP contribution >= 0.6 is 0 Å². The van der Waals surface area contributed by atoms with Crippen LogP contribution in [0.2, 0.25) is 0 Å². The van der Waals surface area contributed by atoms with E-state index in [1.165, 1.54) is 12.1 Å². The van der Waals surface area contributed by atoms with Crippen LogP contribution in [-0.2, 0) is 17.4 Å². The number of carbonyl (C=O) groups is 2. The molecule has 1 heterocycles. The number of nitrogens with zero attached hydrogens (tertiary/aromatic N) is 1. The van der Waals surface area contributed by atoms with E-state index in [2.05, 4.69) is 5.32 Å². The topological polar surface area (TPSA) is 58.6 Å². The first-order chi connectivity index (χ1) is 15.3. The predicted octanol–water partition coefficient (Wildman–Crippen LogP) is 4.93. The molecule has 0 spiro atoms. The lowest BCUT2D eigenvalue weighted by Crippen LogP contribution is -2.28. The van der Waals surface area contributed by atoms with Crippen LogP contribution in [0.1, 0.15) is 21.5 Å². The fourth-order valence-electron chi connectivity index (χ4n) is 3.57. The highest BCUT2D eigenvalue weighted by atomic mass is 19.4. The largest absolute Gasteiger partial charge is 0.483 e. The van der Waals surface area contributed by atoms with Gasteiger partial charge in [-0.25, -0.2) is 0 Å². The molecule has 0 aliphatic carbocycles. The number of rotatable bonds is 5. The Labute approximate surface area is 182 Å². The number of benzene rings is 3. The third-order valence-corrected chi connectivity index (χ3v) is 5.10. The van der Waals surface area contributed by atoms with E-state index >= 15 is 0 Å². The molecule has 3 aromatic rings. The lowest BCUT2D eigenvalue weighted by Gasteiger charge is -2.17. The first kappa shape index (κ1) is 21.4. The maximum absolute atomic E-state index is 13.0. The Balaban J connectivity index is 1.36. The summed E-state index contributed by atoms with van der Waals surface area (Å²) in [6, 6.07) is 18.8. The Bertz CT molecular complexity index is 1140. The molecule has 1 N–H and O–H groups in total. The fraction of sp³-hybridized carbons (Fsp3) is 0.167. The monoisotopic (exact) mass is 440 g/mol. The van der Waals surface area contributed by atoms with Crippen molar-refractivity contribution in [3.8, 4) is 5.75 Å². The maximum Gasteiger partial charge on any atom is 0.419 e. The van der Waals surface area contributed by atoms with Gasteiger partial charge < -0.3 is 15.0 Å². The predicted molar refractivity (Wildman–Crippen MR) is 114 cm³/mol. The van der Waals surface area contributed by atoms with Crippen molar-refractivity contribution in [2.24, 2.45) is 0 Å². The average Bonchev–Trinajstić information content (AvgIpc) is 3.21. The highest BCUT2D eigenvalue weighted by Gasteiger charge is 2.34. The molecule has 1 aliphatic heterocycles. The molecule has 0 saturated carbocycles. The molecule has 32 heavy (non-hydrogen) atoms. The van der Waals surface area contributed by atoms with Gasteiger partial charge in [-0.05, 0) is 54.4 Å². The lowest BCUT2D eigenvalue weighted by molar-refractivity contribution is -0.139. The lowest BCUT2D eigenvalue weighted by atomic mass is 10.1. The van der Waals surface area contributed by atoms with Gasteiger partial charge in [-0.1, -0.05) is 30.3 Å². The van der Waals surface area contributed by atoms with Gasteiger partial charge in [0.1, 0.15) is 5.75 Å². The normalized spacial score (nSPS) is 12.9. The van der Waals surface area contributed by atoms with Crippen LogP contribution < -0.4 is 15.0 Å². The quantitative estimate of drug-likeness (QED) is 0.612. The molecule has 0 bridgehead atoms. The van der Waals surface area contributed by atoms with E-state index in [0.717, 1.165) is 29.8 Å². The van der Waals surface area contributed by atoms with Gasteiger partial charge in [-0.15, -0.1) is 0 Å². The number of hydrogen-bond acceptors (Lipinski definition) is 3. The highest BCUT2D eigenvalue weighted by molar-refractivity contribution is 6.07. The number of nitrogens with one attached hydrogen (secondary N) is 1. The molecular formula is C24H19F3N2O3. The molecule has 0 fully saturated rings. The van der Waals surface area contributed by atoms with E-state index in [1.807, 2.05) is 24.3 Å².